The highest BCUT2D eigenvalue weighted by Crippen LogP contribution is 2.34. The van der Waals surface area contributed by atoms with Crippen molar-refractivity contribution in [3.8, 4) is 0 Å². The molecule has 0 spiro atoms. The smallest absolute Gasteiger partial charge is 0.0834 e. The fourth-order valence-corrected chi connectivity index (χ4v) is 3.90. The van der Waals surface area contributed by atoms with Gasteiger partial charge in [0.15, 0.2) is 0 Å². The SMILES string of the molecule is CNC(Cc1ccsc1)C1(OC)CCCCCC1. The Labute approximate surface area is 115 Å². The van der Waals surface area contributed by atoms with E-state index in [0.29, 0.717) is 6.04 Å². The van der Waals surface area contributed by atoms with Crippen LogP contribution in [0.2, 0.25) is 0 Å². The lowest BCUT2D eigenvalue weighted by Gasteiger charge is -2.39. The van der Waals surface area contributed by atoms with Gasteiger partial charge in [-0.15, -0.1) is 0 Å². The second-order valence-corrected chi connectivity index (χ2v) is 6.14. The Morgan fingerprint density at radius 2 is 2.06 bits per heavy atom. The highest BCUT2D eigenvalue weighted by atomic mass is 32.1. The van der Waals surface area contributed by atoms with Gasteiger partial charge in [-0.25, -0.2) is 0 Å². The lowest BCUT2D eigenvalue weighted by Crippen LogP contribution is -2.52. The molecule has 0 aliphatic heterocycles. The van der Waals surface area contributed by atoms with Crippen LogP contribution in [0.15, 0.2) is 16.8 Å². The highest BCUT2D eigenvalue weighted by molar-refractivity contribution is 7.07. The van der Waals surface area contributed by atoms with Crippen LogP contribution in [0.3, 0.4) is 0 Å². The van der Waals surface area contributed by atoms with E-state index in [0.717, 1.165) is 6.42 Å². The minimum absolute atomic E-state index is 0.0349. The van der Waals surface area contributed by atoms with Crippen LogP contribution in [0.25, 0.3) is 0 Å². The average molecular weight is 267 g/mol. The Kier molecular flexibility index (Phi) is 5.22. The minimum atomic E-state index is 0.0349. The zero-order valence-electron chi connectivity index (χ0n) is 11.6. The van der Waals surface area contributed by atoms with Crippen molar-refractivity contribution in [1.82, 2.24) is 5.32 Å². The van der Waals surface area contributed by atoms with Crippen LogP contribution < -0.4 is 5.32 Å². The standard InChI is InChI=1S/C15H25NOS/c1-16-14(11-13-7-10-18-12-13)15(17-2)8-5-3-4-6-9-15/h7,10,12,14,16H,3-6,8-9,11H2,1-2H3. The van der Waals surface area contributed by atoms with Crippen molar-refractivity contribution in [1.29, 1.82) is 0 Å². The van der Waals surface area contributed by atoms with Gasteiger partial charge in [-0.1, -0.05) is 25.7 Å². The predicted octanol–water partition coefficient (Wildman–Crippen LogP) is 3.62. The molecule has 1 aliphatic rings. The van der Waals surface area contributed by atoms with Crippen molar-refractivity contribution in [2.75, 3.05) is 14.2 Å². The topological polar surface area (TPSA) is 21.3 Å². The second-order valence-electron chi connectivity index (χ2n) is 5.36. The van der Waals surface area contributed by atoms with Crippen molar-refractivity contribution in [2.24, 2.45) is 0 Å². The summed E-state index contributed by atoms with van der Waals surface area (Å²) in [5.74, 6) is 0. The largest absolute Gasteiger partial charge is 0.377 e. The van der Waals surface area contributed by atoms with Gasteiger partial charge in [-0.2, -0.15) is 11.3 Å². The normalized spacial score (nSPS) is 21.4. The summed E-state index contributed by atoms with van der Waals surface area (Å²) < 4.78 is 6.00. The average Bonchev–Trinajstić information content (AvgIpc) is 2.79. The number of ether oxygens (including phenoxy) is 1. The molecule has 102 valence electrons. The summed E-state index contributed by atoms with van der Waals surface area (Å²) in [5.41, 5.74) is 1.47. The zero-order chi connectivity index (χ0) is 12.8. The van der Waals surface area contributed by atoms with Crippen molar-refractivity contribution in [2.45, 2.75) is 56.6 Å². The molecule has 1 heterocycles. The first-order valence-electron chi connectivity index (χ1n) is 7.04. The number of likely N-dealkylation sites (N-methyl/N-ethyl adjacent to an activating group) is 1. The van der Waals surface area contributed by atoms with Crippen molar-refractivity contribution < 1.29 is 4.74 Å². The van der Waals surface area contributed by atoms with Gasteiger partial charge in [0.05, 0.1) is 5.60 Å². The molecule has 1 N–H and O–H groups in total. The quantitative estimate of drug-likeness (QED) is 0.823. The lowest BCUT2D eigenvalue weighted by atomic mass is 9.83. The van der Waals surface area contributed by atoms with Gasteiger partial charge in [-0.05, 0) is 48.7 Å². The fraction of sp³-hybridized carbons (Fsp3) is 0.733. The molecule has 1 saturated carbocycles. The summed E-state index contributed by atoms with van der Waals surface area (Å²) in [6, 6.07) is 2.66. The van der Waals surface area contributed by atoms with E-state index in [1.54, 1.807) is 11.3 Å². The van der Waals surface area contributed by atoms with Gasteiger partial charge in [-0.3, -0.25) is 0 Å². The molecule has 0 radical (unpaired) electrons. The molecule has 3 heteroatoms. The number of thiophene rings is 1. The molecular formula is C15H25NOS. The summed E-state index contributed by atoms with van der Waals surface area (Å²) in [6.45, 7) is 0. The molecule has 1 aromatic heterocycles. The van der Waals surface area contributed by atoms with Gasteiger partial charge < -0.3 is 10.1 Å². The van der Waals surface area contributed by atoms with Crippen LogP contribution in [-0.2, 0) is 11.2 Å². The van der Waals surface area contributed by atoms with Crippen molar-refractivity contribution in [3.63, 3.8) is 0 Å². The van der Waals surface area contributed by atoms with E-state index in [-0.39, 0.29) is 5.60 Å². The monoisotopic (exact) mass is 267 g/mol. The molecule has 2 rings (SSSR count). The number of nitrogens with one attached hydrogen (secondary N) is 1. The van der Waals surface area contributed by atoms with E-state index < -0.39 is 0 Å². The number of rotatable bonds is 5. The molecule has 18 heavy (non-hydrogen) atoms. The van der Waals surface area contributed by atoms with E-state index in [1.807, 2.05) is 7.11 Å². The van der Waals surface area contributed by atoms with Crippen LogP contribution in [-0.4, -0.2) is 25.8 Å². The van der Waals surface area contributed by atoms with Gasteiger partial charge >= 0.3 is 0 Å². The summed E-state index contributed by atoms with van der Waals surface area (Å²) in [4.78, 5) is 0. The van der Waals surface area contributed by atoms with Crippen LogP contribution in [0, 0.1) is 0 Å². The molecule has 0 bridgehead atoms. The van der Waals surface area contributed by atoms with E-state index in [9.17, 15) is 0 Å². The summed E-state index contributed by atoms with van der Waals surface area (Å²) in [5, 5.41) is 7.92. The first-order chi connectivity index (χ1) is 8.80. The van der Waals surface area contributed by atoms with Gasteiger partial charge in [0, 0.05) is 13.2 Å². The Hall–Kier alpha value is -0.380. The molecule has 1 unspecified atom stereocenters. The third-order valence-corrected chi connectivity index (χ3v) is 5.09. The molecule has 1 aromatic rings. The van der Waals surface area contributed by atoms with E-state index in [2.05, 4.69) is 29.2 Å². The number of hydrogen-bond donors (Lipinski definition) is 1. The van der Waals surface area contributed by atoms with E-state index >= 15 is 0 Å². The maximum absolute atomic E-state index is 6.00. The van der Waals surface area contributed by atoms with E-state index in [1.165, 1.54) is 44.1 Å². The summed E-state index contributed by atoms with van der Waals surface area (Å²) in [6.07, 6.45) is 8.79. The first-order valence-corrected chi connectivity index (χ1v) is 7.98. The summed E-state index contributed by atoms with van der Waals surface area (Å²) >= 11 is 1.78. The molecule has 2 nitrogen and oxygen atoms in total. The first kappa shape index (κ1) is 14.0. The number of hydrogen-bond acceptors (Lipinski definition) is 3. The van der Waals surface area contributed by atoms with Crippen LogP contribution in [0.5, 0.6) is 0 Å². The molecule has 1 aliphatic carbocycles. The van der Waals surface area contributed by atoms with Crippen LogP contribution in [0.1, 0.15) is 44.1 Å². The minimum Gasteiger partial charge on any atom is -0.377 e. The molecule has 0 saturated heterocycles. The molecule has 0 aromatic carbocycles. The maximum Gasteiger partial charge on any atom is 0.0834 e. The molecular weight excluding hydrogens is 242 g/mol. The molecule has 0 amide bonds. The zero-order valence-corrected chi connectivity index (χ0v) is 12.4. The van der Waals surface area contributed by atoms with Crippen LogP contribution >= 0.6 is 11.3 Å². The fourth-order valence-electron chi connectivity index (χ4n) is 3.22. The van der Waals surface area contributed by atoms with Crippen molar-refractivity contribution in [3.05, 3.63) is 22.4 Å². The van der Waals surface area contributed by atoms with Gasteiger partial charge in [0.25, 0.3) is 0 Å². The third-order valence-electron chi connectivity index (χ3n) is 4.36. The summed E-state index contributed by atoms with van der Waals surface area (Å²) in [7, 11) is 3.96. The van der Waals surface area contributed by atoms with Crippen LogP contribution in [0.4, 0.5) is 0 Å². The highest BCUT2D eigenvalue weighted by Gasteiger charge is 2.38. The Balaban J connectivity index is 2.11. The lowest BCUT2D eigenvalue weighted by molar-refractivity contribution is -0.0509. The Bertz CT molecular complexity index is 328. The molecule has 1 fully saturated rings. The van der Waals surface area contributed by atoms with Gasteiger partial charge in [0.2, 0.25) is 0 Å². The second kappa shape index (κ2) is 6.69. The maximum atomic E-state index is 6.00. The molecule has 1 atom stereocenters. The number of methoxy groups -OCH3 is 1. The van der Waals surface area contributed by atoms with Gasteiger partial charge in [0.1, 0.15) is 0 Å². The Morgan fingerprint density at radius 1 is 1.33 bits per heavy atom. The van der Waals surface area contributed by atoms with E-state index in [4.69, 9.17) is 4.74 Å². The third kappa shape index (κ3) is 3.14. The predicted molar refractivity (Wildman–Crippen MR) is 78.3 cm³/mol. The Morgan fingerprint density at radius 3 is 2.56 bits per heavy atom. The van der Waals surface area contributed by atoms with Crippen molar-refractivity contribution >= 4 is 11.3 Å².